The second kappa shape index (κ2) is 9.81. The van der Waals surface area contributed by atoms with E-state index < -0.39 is 23.8 Å². The summed E-state index contributed by atoms with van der Waals surface area (Å²) in [5.41, 5.74) is 1.04. The Morgan fingerprint density at radius 1 is 1.04 bits per heavy atom. The van der Waals surface area contributed by atoms with Gasteiger partial charge in [0.1, 0.15) is 6.04 Å². The Morgan fingerprint density at radius 2 is 1.60 bits per heavy atom. The zero-order valence-electron chi connectivity index (χ0n) is 15.6. The average Bonchev–Trinajstić information content (AvgIpc) is 2.57. The fraction of sp³-hybridized carbons (Fsp3) is 0.526. The number of nitrogens with zero attached hydrogens (tertiary/aromatic N) is 1. The second-order valence-corrected chi connectivity index (χ2v) is 6.47. The van der Waals surface area contributed by atoms with Crippen molar-refractivity contribution in [1.29, 1.82) is 0 Å². The van der Waals surface area contributed by atoms with E-state index in [0.717, 1.165) is 5.56 Å². The summed E-state index contributed by atoms with van der Waals surface area (Å²) in [6, 6.07) is 8.54. The van der Waals surface area contributed by atoms with Crippen molar-refractivity contribution in [2.75, 3.05) is 7.11 Å². The summed E-state index contributed by atoms with van der Waals surface area (Å²) in [6.07, 6.45) is 0.951. The standard InChI is InChI=1S/C19H28N2O4/c1-13(2)21(14(3)4)18(23)17(22)20-16(19(24)25-5)12-11-15-9-7-6-8-10-15/h6-10,13-14,16H,11-12H2,1-5H3,(H,20,22). The molecule has 0 heterocycles. The molecule has 0 bridgehead atoms. The van der Waals surface area contributed by atoms with Crippen LogP contribution in [0.3, 0.4) is 0 Å². The summed E-state index contributed by atoms with van der Waals surface area (Å²) in [5, 5.41) is 2.52. The van der Waals surface area contributed by atoms with E-state index in [9.17, 15) is 14.4 Å². The van der Waals surface area contributed by atoms with Crippen LogP contribution in [0, 0.1) is 0 Å². The lowest BCUT2D eigenvalue weighted by Gasteiger charge is -2.30. The van der Waals surface area contributed by atoms with Crippen molar-refractivity contribution in [3.05, 3.63) is 35.9 Å². The molecule has 0 aliphatic heterocycles. The van der Waals surface area contributed by atoms with Gasteiger partial charge in [-0.15, -0.1) is 0 Å². The topological polar surface area (TPSA) is 75.7 Å². The van der Waals surface area contributed by atoms with Crippen LogP contribution in [0.4, 0.5) is 0 Å². The third-order valence-electron chi connectivity index (χ3n) is 3.90. The van der Waals surface area contributed by atoms with Crippen LogP contribution >= 0.6 is 0 Å². The van der Waals surface area contributed by atoms with E-state index in [1.54, 1.807) is 0 Å². The van der Waals surface area contributed by atoms with Crippen molar-refractivity contribution < 1.29 is 19.1 Å². The van der Waals surface area contributed by atoms with Gasteiger partial charge in [-0.05, 0) is 46.1 Å². The molecular weight excluding hydrogens is 320 g/mol. The summed E-state index contributed by atoms with van der Waals surface area (Å²) in [4.78, 5) is 38.2. The summed E-state index contributed by atoms with van der Waals surface area (Å²) in [5.74, 6) is -1.98. The van der Waals surface area contributed by atoms with Gasteiger partial charge in [-0.1, -0.05) is 30.3 Å². The highest BCUT2D eigenvalue weighted by atomic mass is 16.5. The van der Waals surface area contributed by atoms with Gasteiger partial charge in [-0.2, -0.15) is 0 Å². The smallest absolute Gasteiger partial charge is 0.328 e. The number of aryl methyl sites for hydroxylation is 1. The Morgan fingerprint density at radius 3 is 2.08 bits per heavy atom. The molecule has 1 atom stereocenters. The maximum Gasteiger partial charge on any atom is 0.328 e. The van der Waals surface area contributed by atoms with Crippen molar-refractivity contribution in [2.24, 2.45) is 0 Å². The van der Waals surface area contributed by atoms with Crippen LogP contribution in [0.1, 0.15) is 39.7 Å². The molecule has 1 N–H and O–H groups in total. The molecule has 0 saturated heterocycles. The Balaban J connectivity index is 2.78. The molecule has 1 aromatic carbocycles. The van der Waals surface area contributed by atoms with Crippen LogP contribution in [0.15, 0.2) is 30.3 Å². The normalized spacial score (nSPS) is 12.0. The minimum absolute atomic E-state index is 0.112. The van der Waals surface area contributed by atoms with E-state index in [1.165, 1.54) is 12.0 Å². The SMILES string of the molecule is COC(=O)C(CCc1ccccc1)NC(=O)C(=O)N(C(C)C)C(C)C. The predicted molar refractivity (Wildman–Crippen MR) is 95.8 cm³/mol. The number of rotatable bonds is 7. The van der Waals surface area contributed by atoms with Gasteiger partial charge >= 0.3 is 17.8 Å². The van der Waals surface area contributed by atoms with Crippen molar-refractivity contribution in [3.8, 4) is 0 Å². The van der Waals surface area contributed by atoms with Crippen molar-refractivity contribution in [3.63, 3.8) is 0 Å². The number of benzene rings is 1. The van der Waals surface area contributed by atoms with Gasteiger partial charge < -0.3 is 15.0 Å². The van der Waals surface area contributed by atoms with Crippen molar-refractivity contribution >= 4 is 17.8 Å². The lowest BCUT2D eigenvalue weighted by atomic mass is 10.1. The quantitative estimate of drug-likeness (QED) is 0.603. The first kappa shape index (κ1) is 20.7. The zero-order chi connectivity index (χ0) is 19.0. The molecule has 0 aromatic heterocycles. The van der Waals surface area contributed by atoms with Crippen molar-refractivity contribution in [2.45, 2.75) is 58.7 Å². The van der Waals surface area contributed by atoms with Gasteiger partial charge in [0.15, 0.2) is 0 Å². The maximum absolute atomic E-state index is 12.4. The highest BCUT2D eigenvalue weighted by molar-refractivity contribution is 6.35. The number of nitrogens with one attached hydrogen (secondary N) is 1. The molecule has 6 nitrogen and oxygen atoms in total. The van der Waals surface area contributed by atoms with E-state index in [0.29, 0.717) is 12.8 Å². The average molecular weight is 348 g/mol. The first-order valence-corrected chi connectivity index (χ1v) is 8.52. The molecule has 0 saturated carbocycles. The largest absolute Gasteiger partial charge is 0.467 e. The van der Waals surface area contributed by atoms with E-state index in [-0.39, 0.29) is 12.1 Å². The highest BCUT2D eigenvalue weighted by Crippen LogP contribution is 2.08. The first-order valence-electron chi connectivity index (χ1n) is 8.52. The minimum atomic E-state index is -0.858. The van der Waals surface area contributed by atoms with Crippen LogP contribution in [0.25, 0.3) is 0 Å². The molecule has 1 unspecified atom stereocenters. The van der Waals surface area contributed by atoms with Crippen LogP contribution in [0.2, 0.25) is 0 Å². The molecule has 0 aliphatic rings. The van der Waals surface area contributed by atoms with Crippen LogP contribution < -0.4 is 5.32 Å². The number of hydrogen-bond donors (Lipinski definition) is 1. The third-order valence-corrected chi connectivity index (χ3v) is 3.90. The van der Waals surface area contributed by atoms with Crippen LogP contribution in [-0.2, 0) is 25.5 Å². The number of hydrogen-bond acceptors (Lipinski definition) is 4. The summed E-state index contributed by atoms with van der Waals surface area (Å²) in [6.45, 7) is 7.38. The number of carbonyl (C=O) groups is 3. The molecule has 0 spiro atoms. The molecular formula is C19H28N2O4. The molecule has 1 rings (SSSR count). The van der Waals surface area contributed by atoms with Crippen LogP contribution in [-0.4, -0.2) is 47.9 Å². The Labute approximate surface area is 149 Å². The molecule has 0 radical (unpaired) electrons. The van der Waals surface area contributed by atoms with Gasteiger partial charge in [-0.25, -0.2) is 4.79 Å². The molecule has 0 aliphatic carbocycles. The van der Waals surface area contributed by atoms with Crippen molar-refractivity contribution in [1.82, 2.24) is 10.2 Å². The monoisotopic (exact) mass is 348 g/mol. The number of carbonyl (C=O) groups excluding carboxylic acids is 3. The molecule has 138 valence electrons. The number of amides is 2. The molecule has 25 heavy (non-hydrogen) atoms. The predicted octanol–water partition coefficient (Wildman–Crippen LogP) is 1.92. The van der Waals surface area contributed by atoms with Gasteiger partial charge in [0.05, 0.1) is 7.11 Å². The number of methoxy groups -OCH3 is 1. The van der Waals surface area contributed by atoms with E-state index in [4.69, 9.17) is 4.74 Å². The molecule has 2 amide bonds. The zero-order valence-corrected chi connectivity index (χ0v) is 15.6. The Hall–Kier alpha value is -2.37. The fourth-order valence-corrected chi connectivity index (χ4v) is 2.75. The van der Waals surface area contributed by atoms with E-state index in [2.05, 4.69) is 5.32 Å². The Bertz CT molecular complexity index is 576. The fourth-order valence-electron chi connectivity index (χ4n) is 2.75. The number of esters is 1. The molecule has 6 heteroatoms. The highest BCUT2D eigenvalue weighted by Gasteiger charge is 2.30. The van der Waals surface area contributed by atoms with E-state index in [1.807, 2.05) is 58.0 Å². The first-order chi connectivity index (χ1) is 11.8. The lowest BCUT2D eigenvalue weighted by molar-refractivity contribution is -0.151. The van der Waals surface area contributed by atoms with Gasteiger partial charge in [0.2, 0.25) is 0 Å². The molecule has 0 fully saturated rings. The maximum atomic E-state index is 12.4. The number of ether oxygens (including phenoxy) is 1. The summed E-state index contributed by atoms with van der Waals surface area (Å²) in [7, 11) is 1.26. The minimum Gasteiger partial charge on any atom is -0.467 e. The third kappa shape index (κ3) is 6.21. The van der Waals surface area contributed by atoms with E-state index >= 15 is 0 Å². The van der Waals surface area contributed by atoms with Gasteiger partial charge in [-0.3, -0.25) is 9.59 Å². The van der Waals surface area contributed by atoms with Gasteiger partial charge in [0.25, 0.3) is 0 Å². The molecule has 1 aromatic rings. The Kier molecular flexibility index (Phi) is 8.11. The summed E-state index contributed by atoms with van der Waals surface area (Å²) >= 11 is 0. The lowest BCUT2D eigenvalue weighted by Crippen LogP contribution is -2.53. The summed E-state index contributed by atoms with van der Waals surface area (Å²) < 4.78 is 4.76. The van der Waals surface area contributed by atoms with Gasteiger partial charge in [0, 0.05) is 12.1 Å². The van der Waals surface area contributed by atoms with Crippen LogP contribution in [0.5, 0.6) is 0 Å². The second-order valence-electron chi connectivity index (χ2n) is 6.47.